The van der Waals surface area contributed by atoms with E-state index < -0.39 is 18.1 Å². The first-order valence-corrected chi connectivity index (χ1v) is 4.38. The van der Waals surface area contributed by atoms with Crippen LogP contribution in [0.15, 0.2) is 30.6 Å². The third-order valence-electron chi connectivity index (χ3n) is 1.39. The molecule has 0 saturated heterocycles. The summed E-state index contributed by atoms with van der Waals surface area (Å²) in [7, 11) is 0. The summed E-state index contributed by atoms with van der Waals surface area (Å²) in [4.78, 5) is 21.7. The van der Waals surface area contributed by atoms with Crippen molar-refractivity contribution in [2.24, 2.45) is 0 Å². The number of aromatic nitrogens is 1. The van der Waals surface area contributed by atoms with E-state index in [0.717, 1.165) is 11.6 Å². The fraction of sp³-hybridized carbons (Fsp3) is 0.100. The highest BCUT2D eigenvalue weighted by atomic mass is 19.4. The SMILES string of the molecule is O=C(O)/C=C/c1cc[nH+]cc1.O=C([O-])C(F)(F)F. The summed E-state index contributed by atoms with van der Waals surface area (Å²) in [6.45, 7) is 0. The first-order valence-electron chi connectivity index (χ1n) is 4.38. The molecule has 0 amide bonds. The van der Waals surface area contributed by atoms with Crippen molar-refractivity contribution in [3.05, 3.63) is 36.2 Å². The van der Waals surface area contributed by atoms with Gasteiger partial charge in [-0.2, -0.15) is 13.2 Å². The molecule has 2 N–H and O–H groups in total. The number of halogens is 3. The number of aliphatic carboxylic acids is 2. The first-order chi connectivity index (χ1) is 8.23. The summed E-state index contributed by atoms with van der Waals surface area (Å²) in [5.41, 5.74) is 0.867. The van der Waals surface area contributed by atoms with Gasteiger partial charge < -0.3 is 15.0 Å². The van der Waals surface area contributed by atoms with Gasteiger partial charge in [0.05, 0.1) is 0 Å². The number of carbonyl (C=O) groups excluding carboxylic acids is 1. The number of carbonyl (C=O) groups is 2. The molecule has 0 fully saturated rings. The molecule has 0 unspecified atom stereocenters. The lowest BCUT2D eigenvalue weighted by atomic mass is 10.2. The number of nitrogens with one attached hydrogen (secondary N) is 1. The van der Waals surface area contributed by atoms with Gasteiger partial charge in [-0.25, -0.2) is 9.78 Å². The third-order valence-corrected chi connectivity index (χ3v) is 1.39. The van der Waals surface area contributed by atoms with E-state index >= 15 is 0 Å². The van der Waals surface area contributed by atoms with Crippen LogP contribution in [0, 0.1) is 0 Å². The van der Waals surface area contributed by atoms with E-state index in [1.807, 2.05) is 0 Å². The van der Waals surface area contributed by atoms with E-state index in [0.29, 0.717) is 0 Å². The van der Waals surface area contributed by atoms with E-state index in [2.05, 4.69) is 4.98 Å². The molecule has 8 heteroatoms. The molecule has 0 aliphatic heterocycles. The molecule has 0 atom stereocenters. The Bertz CT molecular complexity index is 428. The lowest BCUT2D eigenvalue weighted by Gasteiger charge is -2.03. The zero-order valence-corrected chi connectivity index (χ0v) is 8.77. The van der Waals surface area contributed by atoms with Crippen molar-refractivity contribution in [1.82, 2.24) is 0 Å². The van der Waals surface area contributed by atoms with Gasteiger partial charge in [0.2, 0.25) is 0 Å². The predicted octanol–water partition coefficient (Wildman–Crippen LogP) is -0.103. The quantitative estimate of drug-likeness (QED) is 0.754. The van der Waals surface area contributed by atoms with Crippen LogP contribution in [0.1, 0.15) is 5.56 Å². The van der Waals surface area contributed by atoms with Gasteiger partial charge >= 0.3 is 12.1 Å². The smallest absolute Gasteiger partial charge is 0.430 e. The Labute approximate surface area is 99.2 Å². The zero-order valence-electron chi connectivity index (χ0n) is 8.77. The number of H-pyrrole nitrogens is 1. The molecule has 1 aromatic rings. The maximum atomic E-state index is 10.5. The van der Waals surface area contributed by atoms with Crippen molar-refractivity contribution in [3.8, 4) is 0 Å². The number of aromatic amines is 1. The number of pyridine rings is 1. The standard InChI is InChI=1S/C8H7NO2.C2HF3O2/c10-8(11)2-1-7-3-5-9-6-4-7;3-2(4,5)1(6)7/h1-6H,(H,10,11);(H,6,7)/b2-1+;. The van der Waals surface area contributed by atoms with Crippen molar-refractivity contribution >= 4 is 18.0 Å². The minimum Gasteiger partial charge on any atom is -0.542 e. The largest absolute Gasteiger partial charge is 0.542 e. The molecular formula is C10H8F3NO4. The van der Waals surface area contributed by atoms with Gasteiger partial charge in [0, 0.05) is 18.2 Å². The molecule has 1 heterocycles. The minimum atomic E-state index is -5.19. The second-order valence-electron chi connectivity index (χ2n) is 2.79. The number of alkyl halides is 3. The van der Waals surface area contributed by atoms with E-state index in [4.69, 9.17) is 15.0 Å². The Balaban J connectivity index is 0.000000360. The topological polar surface area (TPSA) is 91.6 Å². The maximum absolute atomic E-state index is 10.5. The second-order valence-corrected chi connectivity index (χ2v) is 2.79. The summed E-state index contributed by atoms with van der Waals surface area (Å²) >= 11 is 0. The van der Waals surface area contributed by atoms with Crippen LogP contribution in [0.5, 0.6) is 0 Å². The Morgan fingerprint density at radius 1 is 1.28 bits per heavy atom. The molecule has 0 aliphatic rings. The Morgan fingerprint density at radius 2 is 1.72 bits per heavy atom. The fourth-order valence-electron chi connectivity index (χ4n) is 0.678. The third kappa shape index (κ3) is 7.85. The lowest BCUT2D eigenvalue weighted by Crippen LogP contribution is -2.37. The van der Waals surface area contributed by atoms with Crippen molar-refractivity contribution in [3.63, 3.8) is 0 Å². The van der Waals surface area contributed by atoms with Crippen LogP contribution < -0.4 is 10.1 Å². The van der Waals surface area contributed by atoms with Gasteiger partial charge in [0.25, 0.3) is 0 Å². The molecular weight excluding hydrogens is 255 g/mol. The summed E-state index contributed by atoms with van der Waals surface area (Å²) in [6.07, 6.45) is 0.925. The Hall–Kier alpha value is -2.38. The zero-order chi connectivity index (χ0) is 14.2. The average molecular weight is 263 g/mol. The van der Waals surface area contributed by atoms with E-state index in [9.17, 15) is 18.0 Å². The van der Waals surface area contributed by atoms with Gasteiger partial charge in [-0.3, -0.25) is 0 Å². The summed E-state index contributed by atoms with van der Waals surface area (Å²) in [6, 6.07) is 3.58. The fourth-order valence-corrected chi connectivity index (χ4v) is 0.678. The summed E-state index contributed by atoms with van der Waals surface area (Å²) in [5.74, 6) is -3.94. The summed E-state index contributed by atoms with van der Waals surface area (Å²) < 4.78 is 31.5. The first kappa shape index (κ1) is 15.6. The van der Waals surface area contributed by atoms with Gasteiger partial charge in [0.15, 0.2) is 12.4 Å². The Morgan fingerprint density at radius 3 is 2.06 bits per heavy atom. The van der Waals surface area contributed by atoms with Crippen LogP contribution in [0.4, 0.5) is 13.2 Å². The van der Waals surface area contributed by atoms with Crippen LogP contribution in [-0.4, -0.2) is 23.2 Å². The molecule has 0 saturated carbocycles. The highest BCUT2D eigenvalue weighted by Crippen LogP contribution is 2.11. The monoisotopic (exact) mass is 263 g/mol. The maximum Gasteiger partial charge on any atom is 0.430 e. The van der Waals surface area contributed by atoms with Crippen LogP contribution in [0.2, 0.25) is 0 Å². The molecule has 0 bridgehead atoms. The molecule has 0 radical (unpaired) electrons. The van der Waals surface area contributed by atoms with Gasteiger partial charge in [-0.1, -0.05) is 0 Å². The summed E-state index contributed by atoms with van der Waals surface area (Å²) in [5, 5.41) is 17.1. The average Bonchev–Trinajstić information content (AvgIpc) is 2.27. The van der Waals surface area contributed by atoms with Crippen LogP contribution >= 0.6 is 0 Å². The minimum absolute atomic E-state index is 0.867. The van der Waals surface area contributed by atoms with E-state index in [-0.39, 0.29) is 0 Å². The molecule has 1 aromatic heterocycles. The van der Waals surface area contributed by atoms with Gasteiger partial charge in [0.1, 0.15) is 5.97 Å². The molecule has 0 aromatic carbocycles. The van der Waals surface area contributed by atoms with Crippen molar-refractivity contribution < 1.29 is 38.0 Å². The molecule has 5 nitrogen and oxygen atoms in total. The number of carboxylic acid groups (broad SMARTS) is 2. The number of carboxylic acids is 2. The highest BCUT2D eigenvalue weighted by molar-refractivity contribution is 5.85. The van der Waals surface area contributed by atoms with Crippen molar-refractivity contribution in [2.75, 3.05) is 0 Å². The van der Waals surface area contributed by atoms with Crippen LogP contribution in [0.3, 0.4) is 0 Å². The number of hydrogen-bond acceptors (Lipinski definition) is 3. The predicted molar refractivity (Wildman–Crippen MR) is 50.7 cm³/mol. The highest BCUT2D eigenvalue weighted by Gasteiger charge is 2.28. The van der Waals surface area contributed by atoms with Gasteiger partial charge in [-0.05, 0) is 11.6 Å². The van der Waals surface area contributed by atoms with Crippen molar-refractivity contribution in [2.45, 2.75) is 6.18 Å². The molecule has 98 valence electrons. The lowest BCUT2D eigenvalue weighted by molar-refractivity contribution is -0.378. The number of hydrogen-bond donors (Lipinski definition) is 1. The molecule has 0 spiro atoms. The van der Waals surface area contributed by atoms with Gasteiger partial charge in [-0.15, -0.1) is 0 Å². The molecule has 18 heavy (non-hydrogen) atoms. The van der Waals surface area contributed by atoms with Crippen molar-refractivity contribution in [1.29, 1.82) is 0 Å². The molecule has 1 rings (SSSR count). The normalized spacial score (nSPS) is 10.6. The van der Waals surface area contributed by atoms with Crippen LogP contribution in [-0.2, 0) is 9.59 Å². The van der Waals surface area contributed by atoms with E-state index in [1.165, 1.54) is 6.08 Å². The molecule has 0 aliphatic carbocycles. The van der Waals surface area contributed by atoms with Crippen LogP contribution in [0.25, 0.3) is 6.08 Å². The number of rotatable bonds is 2. The second kappa shape index (κ2) is 7.05. The van der Waals surface area contributed by atoms with E-state index in [1.54, 1.807) is 24.5 Å². The Kier molecular flexibility index (Phi) is 6.11.